The van der Waals surface area contributed by atoms with E-state index in [1.807, 2.05) is 19.6 Å². The maximum Gasteiger partial charge on any atom is 0.360 e. The molecule has 5 atom stereocenters. The van der Waals surface area contributed by atoms with E-state index in [0.717, 1.165) is 24.3 Å². The van der Waals surface area contributed by atoms with Crippen molar-refractivity contribution in [2.24, 2.45) is 11.8 Å². The van der Waals surface area contributed by atoms with Crippen LogP contribution in [-0.2, 0) is 34.0 Å². The molecule has 4 aromatic rings. The standard InChI is InChI=1S/C22H25ClF2O4SSi.C19H15ClF2O4S.C4H9F3Si/c1-31(2,3)21(26)10-11-22(30(27,28)16-6-4-15(23)5-7-16)14(12-21)13-29-20-18(25)9-8-17(24)19(20)22;20-12-1-3-14(4-2-12)27(24,25)19-8-7-13(23)9-11(19)10-26-18-16(22)6-5-15(21)17(18)19;1-8(2,3)4(5,6)7/h4-9,14,26H,10-13H2,1-3H3;1-6,11H,7-10H2;1-3H3/t14-,21?,22+;11-,19+;/m11./s1. The Balaban J connectivity index is 0.000000189. The molecule has 0 saturated heterocycles. The van der Waals surface area contributed by atoms with Crippen molar-refractivity contribution >= 4 is 64.8 Å². The maximum atomic E-state index is 15.2. The summed E-state index contributed by atoms with van der Waals surface area (Å²) in [5, 5.41) is 11.1. The van der Waals surface area contributed by atoms with Crippen LogP contribution in [0, 0.1) is 35.1 Å². The van der Waals surface area contributed by atoms with Crippen LogP contribution in [0.4, 0.5) is 30.7 Å². The van der Waals surface area contributed by atoms with Crippen LogP contribution < -0.4 is 9.47 Å². The molecular weight excluding hydrogens is 993 g/mol. The minimum absolute atomic E-state index is 0.0168. The van der Waals surface area contributed by atoms with Crippen molar-refractivity contribution in [1.29, 1.82) is 0 Å². The number of carbonyl (C=O) groups is 1. The molecule has 0 bridgehead atoms. The third-order valence-corrected chi connectivity index (χ3v) is 24.0. The van der Waals surface area contributed by atoms with Crippen molar-refractivity contribution in [1.82, 2.24) is 0 Å². The van der Waals surface area contributed by atoms with E-state index in [-0.39, 0.29) is 84.2 Å². The van der Waals surface area contributed by atoms with Gasteiger partial charge in [-0.25, -0.2) is 34.4 Å². The summed E-state index contributed by atoms with van der Waals surface area (Å²) in [6.45, 7) is 9.62. The second kappa shape index (κ2) is 18.1. The van der Waals surface area contributed by atoms with E-state index in [1.54, 1.807) is 0 Å². The van der Waals surface area contributed by atoms with Gasteiger partial charge in [0.05, 0.1) is 47.4 Å². The largest absolute Gasteiger partial charge is 0.490 e. The molecule has 2 aliphatic carbocycles. The molecule has 2 heterocycles. The van der Waals surface area contributed by atoms with E-state index in [0.29, 0.717) is 10.0 Å². The molecule has 4 aromatic carbocycles. The summed E-state index contributed by atoms with van der Waals surface area (Å²) in [4.78, 5) is 11.9. The van der Waals surface area contributed by atoms with E-state index in [4.69, 9.17) is 32.7 Å². The van der Waals surface area contributed by atoms with Gasteiger partial charge in [-0.3, -0.25) is 4.79 Å². The van der Waals surface area contributed by atoms with Crippen molar-refractivity contribution < 1.29 is 66.9 Å². The summed E-state index contributed by atoms with van der Waals surface area (Å²) in [6.07, 6.45) is 0.0750. The molecular formula is C45H49Cl2F7O8S2Si2. The molecule has 0 aromatic heterocycles. The molecule has 1 N–H and O–H groups in total. The first-order valence-electron chi connectivity index (χ1n) is 20.9. The first kappa shape index (κ1) is 51.9. The van der Waals surface area contributed by atoms with E-state index >= 15 is 4.39 Å². The Morgan fingerprint density at radius 3 is 1.39 bits per heavy atom. The maximum absolute atomic E-state index is 15.2. The third-order valence-electron chi connectivity index (χ3n) is 13.3. The van der Waals surface area contributed by atoms with Crippen LogP contribution in [0.25, 0.3) is 0 Å². The fraction of sp³-hybridized carbons (Fsp3) is 0.444. The molecule has 2 fully saturated rings. The van der Waals surface area contributed by atoms with Crippen molar-refractivity contribution in [2.45, 2.75) is 108 Å². The number of carbonyl (C=O) groups excluding carboxylic acids is 1. The molecule has 4 aliphatic rings. The van der Waals surface area contributed by atoms with E-state index in [2.05, 4.69) is 0 Å². The van der Waals surface area contributed by atoms with Crippen LogP contribution in [0.15, 0.2) is 82.6 Å². The summed E-state index contributed by atoms with van der Waals surface area (Å²) < 4.78 is 157. The predicted molar refractivity (Wildman–Crippen MR) is 242 cm³/mol. The fourth-order valence-electron chi connectivity index (χ4n) is 9.20. The first-order valence-corrected chi connectivity index (χ1v) is 31.6. The quantitative estimate of drug-likeness (QED) is 0.155. The highest BCUT2D eigenvalue weighted by Gasteiger charge is 2.64. The van der Waals surface area contributed by atoms with Gasteiger partial charge >= 0.3 is 5.80 Å². The number of hydrogen-bond donors (Lipinski definition) is 1. The van der Waals surface area contributed by atoms with Gasteiger partial charge in [-0.2, -0.15) is 13.2 Å². The van der Waals surface area contributed by atoms with Crippen LogP contribution >= 0.6 is 23.2 Å². The highest BCUT2D eigenvalue weighted by molar-refractivity contribution is 7.92. The number of Topliss-reactive ketones (excluding diaryl/α,β-unsaturated/α-hetero) is 1. The Morgan fingerprint density at radius 2 is 1.00 bits per heavy atom. The highest BCUT2D eigenvalue weighted by atomic mass is 35.5. The predicted octanol–water partition coefficient (Wildman–Crippen LogP) is 11.6. The first-order chi connectivity index (χ1) is 30.4. The molecule has 2 saturated carbocycles. The number of benzene rings is 4. The summed E-state index contributed by atoms with van der Waals surface area (Å²) >= 11 is 11.8. The zero-order valence-corrected chi connectivity index (χ0v) is 41.9. The van der Waals surface area contributed by atoms with Crippen LogP contribution in [0.2, 0.25) is 49.3 Å². The number of alkyl halides is 3. The lowest BCUT2D eigenvalue weighted by molar-refractivity contribution is -0.123. The Bertz CT molecular complexity index is 2720. The van der Waals surface area contributed by atoms with Crippen LogP contribution in [0.1, 0.15) is 49.7 Å². The number of fused-ring (bicyclic) bond motifs is 6. The van der Waals surface area contributed by atoms with E-state index < -0.39 is 97.2 Å². The Labute approximate surface area is 391 Å². The molecule has 360 valence electrons. The number of sulfone groups is 2. The molecule has 0 radical (unpaired) electrons. The smallest absolute Gasteiger partial charge is 0.360 e. The van der Waals surface area contributed by atoms with Crippen molar-refractivity contribution in [2.75, 3.05) is 13.2 Å². The number of rotatable bonds is 5. The lowest BCUT2D eigenvalue weighted by Crippen LogP contribution is -2.62. The molecule has 21 heteroatoms. The molecule has 0 amide bonds. The van der Waals surface area contributed by atoms with E-state index in [9.17, 15) is 53.1 Å². The molecule has 1 unspecified atom stereocenters. The fourth-order valence-corrected chi connectivity index (χ4v) is 15.9. The number of hydrogen-bond acceptors (Lipinski definition) is 8. The summed E-state index contributed by atoms with van der Waals surface area (Å²) in [7, 11) is -13.4. The van der Waals surface area contributed by atoms with Crippen LogP contribution in [-0.4, -0.2) is 68.1 Å². The van der Waals surface area contributed by atoms with Gasteiger partial charge in [-0.05, 0) is 98.5 Å². The molecule has 0 spiro atoms. The van der Waals surface area contributed by atoms with Crippen LogP contribution in [0.3, 0.4) is 0 Å². The van der Waals surface area contributed by atoms with Gasteiger partial charge in [0, 0.05) is 34.7 Å². The van der Waals surface area contributed by atoms with Gasteiger partial charge in [0.25, 0.3) is 0 Å². The highest BCUT2D eigenvalue weighted by Crippen LogP contribution is 2.60. The Hall–Kier alpha value is -3.47. The number of aliphatic hydroxyl groups is 1. The average Bonchev–Trinajstić information content (AvgIpc) is 3.22. The van der Waals surface area contributed by atoms with Crippen molar-refractivity contribution in [3.05, 3.63) is 117 Å². The van der Waals surface area contributed by atoms with Crippen molar-refractivity contribution in [3.63, 3.8) is 0 Å². The van der Waals surface area contributed by atoms with Gasteiger partial charge < -0.3 is 14.6 Å². The topological polar surface area (TPSA) is 124 Å². The molecule has 8 nitrogen and oxygen atoms in total. The monoisotopic (exact) mass is 1040 g/mol. The summed E-state index contributed by atoms with van der Waals surface area (Å²) in [6, 6.07) is 14.9. The number of halogens is 9. The second-order valence-electron chi connectivity index (χ2n) is 19.2. The average molecular weight is 1040 g/mol. The zero-order valence-electron chi connectivity index (χ0n) is 36.8. The number of ketones is 1. The van der Waals surface area contributed by atoms with Gasteiger partial charge in [0.15, 0.2) is 50.9 Å². The summed E-state index contributed by atoms with van der Waals surface area (Å²) in [5.74, 6) is -9.63. The van der Waals surface area contributed by atoms with Crippen LogP contribution in [0.5, 0.6) is 11.5 Å². The number of ether oxygens (including phenoxy) is 2. The molecule has 66 heavy (non-hydrogen) atoms. The van der Waals surface area contributed by atoms with Gasteiger partial charge in [-0.1, -0.05) is 62.5 Å². The summed E-state index contributed by atoms with van der Waals surface area (Å²) in [5.41, 5.74) is -0.586. The second-order valence-corrected chi connectivity index (χ2v) is 34.9. The normalized spacial score (nSPS) is 25.2. The van der Waals surface area contributed by atoms with E-state index in [1.165, 1.54) is 68.2 Å². The van der Waals surface area contributed by atoms with Gasteiger partial charge in [-0.15, -0.1) is 0 Å². The SMILES string of the molecule is C[Si](C)(C)C(F)(F)F.C[Si](C)(C)C1(O)CC[C@@]2(S(=O)(=O)c3ccc(Cl)cc3)c3c(F)ccc(F)c3OC[C@H]2C1.O=C1CC[C@@]2(S(=O)(=O)c3ccc(Cl)cc3)c3c(F)ccc(F)c3OC[C@H]2C1. The molecule has 8 rings (SSSR count). The molecule has 2 aliphatic heterocycles. The Kier molecular flexibility index (Phi) is 14.3. The van der Waals surface area contributed by atoms with Gasteiger partial charge in [0.1, 0.15) is 26.9 Å². The minimum atomic E-state index is -4.19. The third kappa shape index (κ3) is 8.98. The lowest BCUT2D eigenvalue weighted by Gasteiger charge is -2.54. The zero-order chi connectivity index (χ0) is 49.2. The lowest BCUT2D eigenvalue weighted by atomic mass is 9.71. The minimum Gasteiger partial charge on any atom is -0.490 e. The van der Waals surface area contributed by atoms with Crippen molar-refractivity contribution in [3.8, 4) is 11.5 Å². The van der Waals surface area contributed by atoms with Gasteiger partial charge in [0.2, 0.25) is 0 Å². The Morgan fingerprint density at radius 1 is 0.621 bits per heavy atom.